The van der Waals surface area contributed by atoms with Crippen LogP contribution in [-0.2, 0) is 6.54 Å². The number of nitrogens with zero attached hydrogens (tertiary/aromatic N) is 2. The third-order valence-electron chi connectivity index (χ3n) is 2.29. The molecule has 88 valence electrons. The summed E-state index contributed by atoms with van der Waals surface area (Å²) >= 11 is 3.44. The second kappa shape index (κ2) is 5.63. The van der Waals surface area contributed by atoms with E-state index < -0.39 is 0 Å². The van der Waals surface area contributed by atoms with E-state index >= 15 is 0 Å². The van der Waals surface area contributed by atoms with Gasteiger partial charge in [-0.2, -0.15) is 0 Å². The van der Waals surface area contributed by atoms with Crippen molar-refractivity contribution in [2.75, 3.05) is 12.4 Å². The van der Waals surface area contributed by atoms with Crippen LogP contribution in [0.5, 0.6) is 5.75 Å². The molecular weight excluding hydrogens is 282 g/mol. The molecular formula is C12H12BrN3O. The lowest BCUT2D eigenvalue weighted by atomic mass is 10.2. The van der Waals surface area contributed by atoms with E-state index in [4.69, 9.17) is 4.74 Å². The molecule has 0 aliphatic rings. The van der Waals surface area contributed by atoms with Gasteiger partial charge in [0.2, 0.25) is 0 Å². The Bertz CT molecular complexity index is 490. The first-order chi connectivity index (χ1) is 8.29. The predicted octanol–water partition coefficient (Wildman–Crippen LogP) is 2.86. The molecule has 2 aromatic rings. The van der Waals surface area contributed by atoms with Crippen LogP contribution in [0.3, 0.4) is 0 Å². The van der Waals surface area contributed by atoms with Gasteiger partial charge in [-0.25, -0.2) is 9.97 Å². The average molecular weight is 294 g/mol. The van der Waals surface area contributed by atoms with Gasteiger partial charge in [-0.1, -0.05) is 15.9 Å². The molecule has 0 aliphatic heterocycles. The van der Waals surface area contributed by atoms with E-state index in [1.165, 1.54) is 6.33 Å². The van der Waals surface area contributed by atoms with Gasteiger partial charge in [0.1, 0.15) is 12.1 Å². The summed E-state index contributed by atoms with van der Waals surface area (Å²) in [6, 6.07) is 5.91. The van der Waals surface area contributed by atoms with Crippen LogP contribution in [0.15, 0.2) is 41.4 Å². The van der Waals surface area contributed by atoms with Gasteiger partial charge in [0.05, 0.1) is 25.2 Å². The summed E-state index contributed by atoms with van der Waals surface area (Å²) in [5.41, 5.74) is 1.96. The van der Waals surface area contributed by atoms with E-state index in [2.05, 4.69) is 31.2 Å². The molecule has 0 atom stereocenters. The number of benzene rings is 1. The van der Waals surface area contributed by atoms with Gasteiger partial charge in [-0.05, 0) is 18.2 Å². The minimum absolute atomic E-state index is 0.663. The topological polar surface area (TPSA) is 47.0 Å². The fraction of sp³-hybridized carbons (Fsp3) is 0.167. The number of aromatic nitrogens is 2. The van der Waals surface area contributed by atoms with E-state index in [9.17, 15) is 0 Å². The Labute approximate surface area is 108 Å². The van der Waals surface area contributed by atoms with E-state index in [1.807, 2.05) is 18.2 Å². The van der Waals surface area contributed by atoms with Crippen LogP contribution in [0.25, 0.3) is 0 Å². The standard InChI is InChI=1S/C12H12BrN3O/c1-17-12-3-2-10(13)4-9(12)5-16-11-6-14-8-15-7-11/h2-4,6-8,16H,5H2,1H3. The number of ether oxygens (including phenoxy) is 1. The van der Waals surface area contributed by atoms with Crippen molar-refractivity contribution < 1.29 is 4.74 Å². The summed E-state index contributed by atoms with van der Waals surface area (Å²) in [6.07, 6.45) is 4.97. The van der Waals surface area contributed by atoms with Crippen LogP contribution in [0.1, 0.15) is 5.56 Å². The predicted molar refractivity (Wildman–Crippen MR) is 70.1 cm³/mol. The van der Waals surface area contributed by atoms with Crippen LogP contribution >= 0.6 is 15.9 Å². The quantitative estimate of drug-likeness (QED) is 0.942. The van der Waals surface area contributed by atoms with E-state index in [0.717, 1.165) is 21.5 Å². The van der Waals surface area contributed by atoms with E-state index in [0.29, 0.717) is 6.54 Å². The third kappa shape index (κ3) is 3.17. The van der Waals surface area contributed by atoms with Crippen molar-refractivity contribution in [3.63, 3.8) is 0 Å². The Morgan fingerprint density at radius 2 is 2.06 bits per heavy atom. The fourth-order valence-electron chi connectivity index (χ4n) is 1.47. The van der Waals surface area contributed by atoms with Crippen LogP contribution < -0.4 is 10.1 Å². The molecule has 1 N–H and O–H groups in total. The zero-order chi connectivity index (χ0) is 12.1. The first-order valence-corrected chi connectivity index (χ1v) is 5.90. The van der Waals surface area contributed by atoms with Gasteiger partial charge in [0.15, 0.2) is 0 Å². The highest BCUT2D eigenvalue weighted by Crippen LogP contribution is 2.23. The van der Waals surface area contributed by atoms with Crippen molar-refractivity contribution in [1.29, 1.82) is 0 Å². The third-order valence-corrected chi connectivity index (χ3v) is 2.78. The second-order valence-electron chi connectivity index (χ2n) is 3.44. The van der Waals surface area contributed by atoms with Crippen molar-refractivity contribution in [2.24, 2.45) is 0 Å². The maximum atomic E-state index is 5.30. The van der Waals surface area contributed by atoms with Crippen molar-refractivity contribution in [3.8, 4) is 5.75 Å². The molecule has 1 aromatic heterocycles. The van der Waals surface area contributed by atoms with E-state index in [-0.39, 0.29) is 0 Å². The molecule has 2 rings (SSSR count). The molecule has 1 heterocycles. The number of rotatable bonds is 4. The normalized spacial score (nSPS) is 10.0. The summed E-state index contributed by atoms with van der Waals surface area (Å²) in [5.74, 6) is 0.859. The SMILES string of the molecule is COc1ccc(Br)cc1CNc1cncnc1. The van der Waals surface area contributed by atoms with Crippen molar-refractivity contribution in [3.05, 3.63) is 47.0 Å². The molecule has 0 saturated carbocycles. The highest BCUT2D eigenvalue weighted by Gasteiger charge is 2.03. The Morgan fingerprint density at radius 3 is 2.76 bits per heavy atom. The Morgan fingerprint density at radius 1 is 1.29 bits per heavy atom. The summed E-state index contributed by atoms with van der Waals surface area (Å²) in [5, 5.41) is 3.24. The number of hydrogen-bond acceptors (Lipinski definition) is 4. The first-order valence-electron chi connectivity index (χ1n) is 5.11. The molecule has 0 fully saturated rings. The molecule has 4 nitrogen and oxygen atoms in total. The molecule has 0 aliphatic carbocycles. The zero-order valence-electron chi connectivity index (χ0n) is 9.35. The van der Waals surface area contributed by atoms with Crippen LogP contribution in [0, 0.1) is 0 Å². The molecule has 0 saturated heterocycles. The number of halogens is 1. The minimum Gasteiger partial charge on any atom is -0.496 e. The molecule has 0 bridgehead atoms. The summed E-state index contributed by atoms with van der Waals surface area (Å²) < 4.78 is 6.32. The van der Waals surface area contributed by atoms with Gasteiger partial charge in [-0.3, -0.25) is 0 Å². The maximum Gasteiger partial charge on any atom is 0.123 e. The monoisotopic (exact) mass is 293 g/mol. The molecule has 0 spiro atoms. The van der Waals surface area contributed by atoms with Crippen molar-refractivity contribution >= 4 is 21.6 Å². The fourth-order valence-corrected chi connectivity index (χ4v) is 1.88. The largest absolute Gasteiger partial charge is 0.496 e. The zero-order valence-corrected chi connectivity index (χ0v) is 10.9. The van der Waals surface area contributed by atoms with Gasteiger partial charge in [-0.15, -0.1) is 0 Å². The Balaban J connectivity index is 2.11. The Kier molecular flexibility index (Phi) is 3.93. The highest BCUT2D eigenvalue weighted by molar-refractivity contribution is 9.10. The van der Waals surface area contributed by atoms with Crippen LogP contribution in [0.2, 0.25) is 0 Å². The molecule has 0 amide bonds. The van der Waals surface area contributed by atoms with Gasteiger partial charge >= 0.3 is 0 Å². The molecule has 1 aromatic carbocycles. The lowest BCUT2D eigenvalue weighted by molar-refractivity contribution is 0.410. The number of anilines is 1. The highest BCUT2D eigenvalue weighted by atomic mass is 79.9. The first kappa shape index (κ1) is 11.9. The summed E-state index contributed by atoms with van der Waals surface area (Å²) in [7, 11) is 1.67. The average Bonchev–Trinajstić information content (AvgIpc) is 2.38. The maximum absolute atomic E-state index is 5.30. The summed E-state index contributed by atoms with van der Waals surface area (Å²) in [6.45, 7) is 0.663. The molecule has 17 heavy (non-hydrogen) atoms. The summed E-state index contributed by atoms with van der Waals surface area (Å²) in [4.78, 5) is 7.89. The van der Waals surface area contributed by atoms with Crippen LogP contribution in [-0.4, -0.2) is 17.1 Å². The number of methoxy groups -OCH3 is 1. The van der Waals surface area contributed by atoms with E-state index in [1.54, 1.807) is 19.5 Å². The van der Waals surface area contributed by atoms with Crippen LogP contribution in [0.4, 0.5) is 5.69 Å². The van der Waals surface area contributed by atoms with Crippen molar-refractivity contribution in [2.45, 2.75) is 6.54 Å². The molecule has 0 unspecified atom stereocenters. The Hall–Kier alpha value is -1.62. The van der Waals surface area contributed by atoms with Gasteiger partial charge in [0.25, 0.3) is 0 Å². The number of nitrogens with one attached hydrogen (secondary N) is 1. The molecule has 5 heteroatoms. The van der Waals surface area contributed by atoms with Crippen molar-refractivity contribution in [1.82, 2.24) is 9.97 Å². The second-order valence-corrected chi connectivity index (χ2v) is 4.35. The molecule has 0 radical (unpaired) electrons. The number of hydrogen-bond donors (Lipinski definition) is 1. The lowest BCUT2D eigenvalue weighted by Crippen LogP contribution is -2.02. The van der Waals surface area contributed by atoms with Gasteiger partial charge < -0.3 is 10.1 Å². The lowest BCUT2D eigenvalue weighted by Gasteiger charge is -2.10. The smallest absolute Gasteiger partial charge is 0.123 e. The van der Waals surface area contributed by atoms with Gasteiger partial charge in [0, 0.05) is 16.6 Å². The minimum atomic E-state index is 0.663.